The first-order valence-electron chi connectivity index (χ1n) is 10.0. The molecule has 0 bridgehead atoms. The van der Waals surface area contributed by atoms with Crippen LogP contribution in [0.3, 0.4) is 0 Å². The van der Waals surface area contributed by atoms with E-state index in [0.29, 0.717) is 30.3 Å². The van der Waals surface area contributed by atoms with E-state index in [1.165, 1.54) is 23.6 Å². The Hall–Kier alpha value is -3.04. The molecule has 2 aromatic carbocycles. The summed E-state index contributed by atoms with van der Waals surface area (Å²) >= 11 is 0. The van der Waals surface area contributed by atoms with Gasteiger partial charge in [0.15, 0.2) is 11.5 Å². The second-order valence-electron chi connectivity index (χ2n) is 7.27. The number of methoxy groups -OCH3 is 1. The molecule has 164 valence electrons. The SMILES string of the molecule is COc1ccc(NC(=O)C=Cc2ccc3c(c2)OCO3)cc1S(=O)(=O)N1CCCCC1. The fourth-order valence-corrected chi connectivity index (χ4v) is 5.27. The number of rotatable bonds is 6. The number of ether oxygens (including phenoxy) is 3. The molecule has 1 N–H and O–H groups in total. The molecule has 0 aliphatic carbocycles. The summed E-state index contributed by atoms with van der Waals surface area (Å²) in [5.74, 6) is 1.16. The van der Waals surface area contributed by atoms with Gasteiger partial charge in [0.1, 0.15) is 10.6 Å². The summed E-state index contributed by atoms with van der Waals surface area (Å²) in [5, 5.41) is 2.71. The largest absolute Gasteiger partial charge is 0.495 e. The number of anilines is 1. The minimum Gasteiger partial charge on any atom is -0.495 e. The zero-order chi connectivity index (χ0) is 21.8. The van der Waals surface area contributed by atoms with Crippen LogP contribution >= 0.6 is 0 Å². The Morgan fingerprint density at radius 2 is 1.84 bits per heavy atom. The van der Waals surface area contributed by atoms with Crippen molar-refractivity contribution in [2.75, 3.05) is 32.3 Å². The smallest absolute Gasteiger partial charge is 0.248 e. The van der Waals surface area contributed by atoms with Crippen LogP contribution in [0.15, 0.2) is 47.4 Å². The van der Waals surface area contributed by atoms with E-state index in [4.69, 9.17) is 14.2 Å². The maximum Gasteiger partial charge on any atom is 0.248 e. The Labute approximate surface area is 181 Å². The van der Waals surface area contributed by atoms with Gasteiger partial charge in [0.05, 0.1) is 7.11 Å². The van der Waals surface area contributed by atoms with Crippen LogP contribution in [0.25, 0.3) is 6.08 Å². The summed E-state index contributed by atoms with van der Waals surface area (Å²) in [5.41, 5.74) is 1.15. The molecule has 0 spiro atoms. The van der Waals surface area contributed by atoms with E-state index in [-0.39, 0.29) is 23.3 Å². The minimum atomic E-state index is -3.71. The number of carbonyl (C=O) groups excluding carboxylic acids is 1. The first kappa shape index (κ1) is 21.2. The van der Waals surface area contributed by atoms with Crippen molar-refractivity contribution in [3.05, 3.63) is 48.0 Å². The van der Waals surface area contributed by atoms with Gasteiger partial charge in [0, 0.05) is 24.9 Å². The van der Waals surface area contributed by atoms with Gasteiger partial charge < -0.3 is 19.5 Å². The van der Waals surface area contributed by atoms with Crippen molar-refractivity contribution in [1.29, 1.82) is 0 Å². The highest BCUT2D eigenvalue weighted by Gasteiger charge is 2.29. The van der Waals surface area contributed by atoms with E-state index in [9.17, 15) is 13.2 Å². The van der Waals surface area contributed by atoms with Crippen molar-refractivity contribution in [3.8, 4) is 17.2 Å². The quantitative estimate of drug-likeness (QED) is 0.688. The number of benzene rings is 2. The molecule has 31 heavy (non-hydrogen) atoms. The summed E-state index contributed by atoms with van der Waals surface area (Å²) < 4.78 is 43.6. The fraction of sp³-hybridized carbons (Fsp3) is 0.318. The van der Waals surface area contributed by atoms with Crippen molar-refractivity contribution < 1.29 is 27.4 Å². The van der Waals surface area contributed by atoms with E-state index in [1.807, 2.05) is 6.07 Å². The molecule has 0 aromatic heterocycles. The standard InChI is InChI=1S/C22H24N2O6S/c1-28-19-9-7-17(14-21(19)31(26,27)24-11-3-2-4-12-24)23-22(25)10-6-16-5-8-18-20(13-16)30-15-29-18/h5-10,13-14H,2-4,11-12,15H2,1H3,(H,23,25). The lowest BCUT2D eigenvalue weighted by Gasteiger charge is -2.26. The minimum absolute atomic E-state index is 0.0504. The van der Waals surface area contributed by atoms with Crippen molar-refractivity contribution in [1.82, 2.24) is 4.31 Å². The number of amides is 1. The number of nitrogens with zero attached hydrogens (tertiary/aromatic N) is 1. The molecular weight excluding hydrogens is 420 g/mol. The van der Waals surface area contributed by atoms with E-state index in [2.05, 4.69) is 5.32 Å². The molecule has 8 nitrogen and oxygen atoms in total. The van der Waals surface area contributed by atoms with Gasteiger partial charge in [-0.3, -0.25) is 4.79 Å². The Morgan fingerprint density at radius 1 is 1.06 bits per heavy atom. The van der Waals surface area contributed by atoms with Crippen LogP contribution in [-0.2, 0) is 14.8 Å². The summed E-state index contributed by atoms with van der Waals surface area (Å²) in [7, 11) is -2.28. The second-order valence-corrected chi connectivity index (χ2v) is 9.17. The van der Waals surface area contributed by atoms with Gasteiger partial charge in [-0.05, 0) is 54.8 Å². The Kier molecular flexibility index (Phi) is 6.15. The molecule has 2 aliphatic rings. The molecule has 2 heterocycles. The number of carbonyl (C=O) groups is 1. The number of nitrogens with one attached hydrogen (secondary N) is 1. The lowest BCUT2D eigenvalue weighted by atomic mass is 10.2. The van der Waals surface area contributed by atoms with Gasteiger partial charge in [-0.15, -0.1) is 0 Å². The van der Waals surface area contributed by atoms with E-state index < -0.39 is 10.0 Å². The normalized spacial score (nSPS) is 16.4. The molecule has 4 rings (SSSR count). The molecule has 2 aromatic rings. The van der Waals surface area contributed by atoms with Crippen LogP contribution in [0.2, 0.25) is 0 Å². The topological polar surface area (TPSA) is 94.2 Å². The average molecular weight is 445 g/mol. The van der Waals surface area contributed by atoms with Crippen LogP contribution in [0.4, 0.5) is 5.69 Å². The molecule has 2 aliphatic heterocycles. The molecular formula is C22H24N2O6S. The molecule has 1 amide bonds. The third-order valence-corrected chi connectivity index (χ3v) is 7.11. The second kappa shape index (κ2) is 8.99. The zero-order valence-corrected chi connectivity index (χ0v) is 18.0. The monoisotopic (exact) mass is 444 g/mol. The molecule has 0 unspecified atom stereocenters. The summed E-state index contributed by atoms with van der Waals surface area (Å²) in [6, 6.07) is 9.97. The van der Waals surface area contributed by atoms with Gasteiger partial charge in [0.25, 0.3) is 0 Å². The first-order chi connectivity index (χ1) is 15.0. The maximum atomic E-state index is 13.1. The highest BCUT2D eigenvalue weighted by molar-refractivity contribution is 7.89. The van der Waals surface area contributed by atoms with Crippen LogP contribution < -0.4 is 19.5 Å². The Bertz CT molecular complexity index is 1110. The number of hydrogen-bond donors (Lipinski definition) is 1. The van der Waals surface area contributed by atoms with Crippen LogP contribution in [0.5, 0.6) is 17.2 Å². The maximum absolute atomic E-state index is 13.1. The first-order valence-corrected chi connectivity index (χ1v) is 11.5. The van der Waals surface area contributed by atoms with Gasteiger partial charge in [-0.2, -0.15) is 4.31 Å². The van der Waals surface area contributed by atoms with Crippen LogP contribution in [0, 0.1) is 0 Å². The van der Waals surface area contributed by atoms with Gasteiger partial charge in [-0.25, -0.2) is 8.42 Å². The molecule has 9 heteroatoms. The molecule has 0 atom stereocenters. The third kappa shape index (κ3) is 4.67. The zero-order valence-electron chi connectivity index (χ0n) is 17.2. The highest BCUT2D eigenvalue weighted by atomic mass is 32.2. The van der Waals surface area contributed by atoms with E-state index in [1.54, 1.807) is 30.3 Å². The van der Waals surface area contributed by atoms with Crippen molar-refractivity contribution in [2.45, 2.75) is 24.2 Å². The number of piperidine rings is 1. The predicted molar refractivity (Wildman–Crippen MR) is 116 cm³/mol. The summed E-state index contributed by atoms with van der Waals surface area (Å²) in [4.78, 5) is 12.4. The number of sulfonamides is 1. The number of hydrogen-bond acceptors (Lipinski definition) is 6. The average Bonchev–Trinajstić information content (AvgIpc) is 3.26. The van der Waals surface area contributed by atoms with E-state index in [0.717, 1.165) is 24.8 Å². The van der Waals surface area contributed by atoms with Gasteiger partial charge >= 0.3 is 0 Å². The third-order valence-electron chi connectivity index (χ3n) is 5.19. The van der Waals surface area contributed by atoms with Gasteiger partial charge in [0.2, 0.25) is 22.7 Å². The van der Waals surface area contributed by atoms with Crippen LogP contribution in [0.1, 0.15) is 24.8 Å². The van der Waals surface area contributed by atoms with Crippen molar-refractivity contribution in [3.63, 3.8) is 0 Å². The highest BCUT2D eigenvalue weighted by Crippen LogP contribution is 2.33. The molecule has 1 saturated heterocycles. The van der Waals surface area contributed by atoms with E-state index >= 15 is 0 Å². The lowest BCUT2D eigenvalue weighted by molar-refractivity contribution is -0.111. The van der Waals surface area contributed by atoms with Crippen molar-refractivity contribution in [2.24, 2.45) is 0 Å². The van der Waals surface area contributed by atoms with Crippen LogP contribution in [-0.4, -0.2) is 45.6 Å². The lowest BCUT2D eigenvalue weighted by Crippen LogP contribution is -2.35. The number of fused-ring (bicyclic) bond motifs is 1. The predicted octanol–water partition coefficient (Wildman–Crippen LogP) is 3.25. The molecule has 1 fully saturated rings. The Balaban J connectivity index is 1.50. The molecule has 0 radical (unpaired) electrons. The summed E-state index contributed by atoms with van der Waals surface area (Å²) in [6.07, 6.45) is 5.72. The summed E-state index contributed by atoms with van der Waals surface area (Å²) in [6.45, 7) is 1.16. The molecule has 0 saturated carbocycles. The fourth-order valence-electron chi connectivity index (χ4n) is 3.57. The van der Waals surface area contributed by atoms with Crippen molar-refractivity contribution >= 4 is 27.7 Å². The van der Waals surface area contributed by atoms with Gasteiger partial charge in [-0.1, -0.05) is 12.5 Å². The Morgan fingerprint density at radius 3 is 2.61 bits per heavy atom.